The smallest absolute Gasteiger partial charge is 0.152 e. The Morgan fingerprint density at radius 1 is 1.26 bits per heavy atom. The molecule has 0 amide bonds. The highest BCUT2D eigenvalue weighted by atomic mass is 32.2. The molecule has 1 aromatic heterocycles. The molecule has 3 rings (SSSR count). The average Bonchev–Trinajstić information content (AvgIpc) is 3.00. The summed E-state index contributed by atoms with van der Waals surface area (Å²) in [5, 5.41) is 7.52. The van der Waals surface area contributed by atoms with Crippen LogP contribution < -0.4 is 5.32 Å². The highest BCUT2D eigenvalue weighted by Crippen LogP contribution is 2.23. The first-order valence-electron chi connectivity index (χ1n) is 6.20. The largest absolute Gasteiger partial charge is 0.380 e. The summed E-state index contributed by atoms with van der Waals surface area (Å²) in [6, 6.07) is 9.62. The van der Waals surface area contributed by atoms with Crippen molar-refractivity contribution < 1.29 is 8.42 Å². The van der Waals surface area contributed by atoms with Crippen LogP contribution in [-0.2, 0) is 9.84 Å². The van der Waals surface area contributed by atoms with E-state index in [1.165, 1.54) is 0 Å². The molecule has 2 aromatic rings. The molecule has 2 heterocycles. The Morgan fingerprint density at radius 2 is 2.11 bits per heavy atom. The van der Waals surface area contributed by atoms with Crippen molar-refractivity contribution in [3.63, 3.8) is 0 Å². The number of aromatic nitrogens is 2. The van der Waals surface area contributed by atoms with Crippen LogP contribution in [0.5, 0.6) is 0 Å². The van der Waals surface area contributed by atoms with Gasteiger partial charge >= 0.3 is 0 Å². The van der Waals surface area contributed by atoms with Crippen molar-refractivity contribution in [1.29, 1.82) is 0 Å². The van der Waals surface area contributed by atoms with Gasteiger partial charge in [-0.15, -0.1) is 0 Å². The summed E-state index contributed by atoms with van der Waals surface area (Å²) in [6.07, 6.45) is 4.25. The van der Waals surface area contributed by atoms with E-state index in [1.807, 2.05) is 36.5 Å². The van der Waals surface area contributed by atoms with Gasteiger partial charge in [-0.1, -0.05) is 12.1 Å². The van der Waals surface area contributed by atoms with Gasteiger partial charge in [0.15, 0.2) is 9.84 Å². The predicted octanol–water partition coefficient (Wildman–Crippen LogP) is 1.47. The lowest BCUT2D eigenvalue weighted by Crippen LogP contribution is -2.21. The SMILES string of the molecule is O=S1(=O)CCC(Nc2ccccc2-n2cccn2)C1. The molecule has 1 aliphatic heterocycles. The fraction of sp³-hybridized carbons (Fsp3) is 0.308. The first-order chi connectivity index (χ1) is 9.14. The molecular weight excluding hydrogens is 262 g/mol. The summed E-state index contributed by atoms with van der Waals surface area (Å²) in [7, 11) is -2.87. The lowest BCUT2D eigenvalue weighted by atomic mass is 10.2. The van der Waals surface area contributed by atoms with Crippen LogP contribution in [0.4, 0.5) is 5.69 Å². The highest BCUT2D eigenvalue weighted by molar-refractivity contribution is 7.91. The standard InChI is InChI=1S/C13H15N3O2S/c17-19(18)9-6-11(10-19)15-12-4-1-2-5-13(12)16-8-3-7-14-16/h1-5,7-8,11,15H,6,9-10H2. The molecule has 1 atom stereocenters. The van der Waals surface area contributed by atoms with Crippen LogP contribution in [0.15, 0.2) is 42.7 Å². The molecule has 0 aliphatic carbocycles. The van der Waals surface area contributed by atoms with Crippen LogP contribution in [0.1, 0.15) is 6.42 Å². The first kappa shape index (κ1) is 12.2. The summed E-state index contributed by atoms with van der Waals surface area (Å²) >= 11 is 0. The van der Waals surface area contributed by atoms with E-state index in [0.717, 1.165) is 11.4 Å². The minimum Gasteiger partial charge on any atom is -0.380 e. The molecule has 0 spiro atoms. The molecule has 100 valence electrons. The van der Waals surface area contributed by atoms with Crippen LogP contribution in [0.25, 0.3) is 5.69 Å². The lowest BCUT2D eigenvalue weighted by Gasteiger charge is -2.16. The van der Waals surface area contributed by atoms with Gasteiger partial charge in [0.2, 0.25) is 0 Å². The van der Waals surface area contributed by atoms with Crippen LogP contribution in [0.2, 0.25) is 0 Å². The minimum absolute atomic E-state index is 0.0123. The molecular formula is C13H15N3O2S. The number of para-hydroxylation sites is 2. The normalized spacial score (nSPS) is 21.4. The molecule has 0 saturated carbocycles. The lowest BCUT2D eigenvalue weighted by molar-refractivity contribution is 0.602. The second kappa shape index (κ2) is 4.70. The van der Waals surface area contributed by atoms with Gasteiger partial charge in [0.05, 0.1) is 22.9 Å². The van der Waals surface area contributed by atoms with Crippen LogP contribution in [0.3, 0.4) is 0 Å². The van der Waals surface area contributed by atoms with E-state index in [1.54, 1.807) is 10.9 Å². The van der Waals surface area contributed by atoms with Crippen molar-refractivity contribution in [2.75, 3.05) is 16.8 Å². The zero-order chi connectivity index (χ0) is 13.3. The van der Waals surface area contributed by atoms with Gasteiger partial charge in [0.25, 0.3) is 0 Å². The summed E-state index contributed by atoms with van der Waals surface area (Å²) in [4.78, 5) is 0. The van der Waals surface area contributed by atoms with Crippen molar-refractivity contribution in [2.24, 2.45) is 0 Å². The molecule has 1 aliphatic rings. The molecule has 1 fully saturated rings. The van der Waals surface area contributed by atoms with E-state index in [2.05, 4.69) is 10.4 Å². The monoisotopic (exact) mass is 277 g/mol. The van der Waals surface area contributed by atoms with Crippen molar-refractivity contribution in [1.82, 2.24) is 9.78 Å². The third-order valence-corrected chi connectivity index (χ3v) is 5.02. The van der Waals surface area contributed by atoms with E-state index in [4.69, 9.17) is 0 Å². The highest BCUT2D eigenvalue weighted by Gasteiger charge is 2.28. The summed E-state index contributed by atoms with van der Waals surface area (Å²) in [5.41, 5.74) is 1.84. The maximum Gasteiger partial charge on any atom is 0.152 e. The summed E-state index contributed by atoms with van der Waals surface area (Å²) in [5.74, 6) is 0.481. The van der Waals surface area contributed by atoms with Crippen molar-refractivity contribution >= 4 is 15.5 Å². The number of hydrogen-bond donors (Lipinski definition) is 1. The zero-order valence-electron chi connectivity index (χ0n) is 10.4. The van der Waals surface area contributed by atoms with Gasteiger partial charge in [-0.05, 0) is 24.6 Å². The Kier molecular flexibility index (Phi) is 3.02. The van der Waals surface area contributed by atoms with E-state index >= 15 is 0 Å². The number of nitrogens with one attached hydrogen (secondary N) is 1. The molecule has 0 bridgehead atoms. The average molecular weight is 277 g/mol. The second-order valence-electron chi connectivity index (χ2n) is 4.71. The number of rotatable bonds is 3. The Labute approximate surface area is 112 Å². The quantitative estimate of drug-likeness (QED) is 0.923. The van der Waals surface area contributed by atoms with Gasteiger partial charge < -0.3 is 5.32 Å². The Morgan fingerprint density at radius 3 is 2.79 bits per heavy atom. The molecule has 19 heavy (non-hydrogen) atoms. The summed E-state index contributed by atoms with van der Waals surface area (Å²) in [6.45, 7) is 0. The molecule has 1 N–H and O–H groups in total. The number of anilines is 1. The third-order valence-electron chi connectivity index (χ3n) is 3.25. The molecule has 6 heteroatoms. The Balaban J connectivity index is 1.86. The van der Waals surface area contributed by atoms with E-state index in [0.29, 0.717) is 6.42 Å². The number of nitrogens with zero attached hydrogens (tertiary/aromatic N) is 2. The van der Waals surface area contributed by atoms with Crippen molar-refractivity contribution in [3.8, 4) is 5.69 Å². The minimum atomic E-state index is -2.87. The Hall–Kier alpha value is -1.82. The zero-order valence-corrected chi connectivity index (χ0v) is 11.2. The van der Waals surface area contributed by atoms with Crippen LogP contribution in [0, 0.1) is 0 Å². The summed E-state index contributed by atoms with van der Waals surface area (Å²) < 4.78 is 24.7. The number of sulfone groups is 1. The topological polar surface area (TPSA) is 64.0 Å². The maximum absolute atomic E-state index is 11.5. The number of benzene rings is 1. The van der Waals surface area contributed by atoms with Gasteiger partial charge in [0.1, 0.15) is 0 Å². The van der Waals surface area contributed by atoms with Crippen molar-refractivity contribution in [2.45, 2.75) is 12.5 Å². The van der Waals surface area contributed by atoms with E-state index in [-0.39, 0.29) is 17.5 Å². The first-order valence-corrected chi connectivity index (χ1v) is 8.02. The molecule has 1 unspecified atom stereocenters. The van der Waals surface area contributed by atoms with Gasteiger partial charge in [0, 0.05) is 18.4 Å². The fourth-order valence-electron chi connectivity index (χ4n) is 2.34. The van der Waals surface area contributed by atoms with E-state index in [9.17, 15) is 8.42 Å². The molecule has 1 saturated heterocycles. The fourth-order valence-corrected chi connectivity index (χ4v) is 4.01. The molecule has 1 aromatic carbocycles. The van der Waals surface area contributed by atoms with E-state index < -0.39 is 9.84 Å². The maximum atomic E-state index is 11.5. The van der Waals surface area contributed by atoms with Crippen LogP contribution >= 0.6 is 0 Å². The molecule has 5 nitrogen and oxygen atoms in total. The Bertz CT molecular complexity index is 665. The van der Waals surface area contributed by atoms with Gasteiger partial charge in [-0.3, -0.25) is 0 Å². The van der Waals surface area contributed by atoms with Gasteiger partial charge in [-0.25, -0.2) is 13.1 Å². The third kappa shape index (κ3) is 2.63. The van der Waals surface area contributed by atoms with Gasteiger partial charge in [-0.2, -0.15) is 5.10 Å². The second-order valence-corrected chi connectivity index (χ2v) is 6.94. The van der Waals surface area contributed by atoms with Crippen molar-refractivity contribution in [3.05, 3.63) is 42.7 Å². The van der Waals surface area contributed by atoms with Crippen LogP contribution in [-0.4, -0.2) is 35.7 Å². The number of hydrogen-bond acceptors (Lipinski definition) is 4. The molecule has 0 radical (unpaired) electrons. The predicted molar refractivity (Wildman–Crippen MR) is 74.2 cm³/mol.